The summed E-state index contributed by atoms with van der Waals surface area (Å²) in [5.74, 6) is 0. The molecular formula is C19H21NO5S. The number of likely N-dealkylation sites (tertiary alicyclic amines) is 1. The van der Waals surface area contributed by atoms with Crippen LogP contribution >= 0.6 is 0 Å². The Labute approximate surface area is 153 Å². The van der Waals surface area contributed by atoms with Gasteiger partial charge in [-0.1, -0.05) is 48.0 Å². The molecule has 1 amide bonds. The Hall–Kier alpha value is -2.38. The van der Waals surface area contributed by atoms with Gasteiger partial charge < -0.3 is 9.64 Å². The number of aryl methyl sites for hydroxylation is 1. The van der Waals surface area contributed by atoms with Crippen molar-refractivity contribution >= 4 is 16.2 Å². The maximum atomic E-state index is 12.3. The maximum absolute atomic E-state index is 12.3. The molecule has 1 aliphatic heterocycles. The van der Waals surface area contributed by atoms with E-state index in [0.717, 1.165) is 11.1 Å². The number of hydrogen-bond donors (Lipinski definition) is 0. The van der Waals surface area contributed by atoms with Gasteiger partial charge in [0.1, 0.15) is 6.61 Å². The van der Waals surface area contributed by atoms with Gasteiger partial charge in [-0.2, -0.15) is 8.42 Å². The molecule has 0 radical (unpaired) electrons. The van der Waals surface area contributed by atoms with Crippen molar-refractivity contribution in [1.82, 2.24) is 4.90 Å². The number of rotatable bonds is 5. The average molecular weight is 375 g/mol. The third kappa shape index (κ3) is 4.62. The van der Waals surface area contributed by atoms with E-state index in [0.29, 0.717) is 13.0 Å². The summed E-state index contributed by atoms with van der Waals surface area (Å²) in [7, 11) is -3.84. The van der Waals surface area contributed by atoms with E-state index in [1.165, 1.54) is 17.0 Å². The van der Waals surface area contributed by atoms with Gasteiger partial charge in [-0.05, 0) is 31.0 Å². The number of ether oxygens (including phenoxy) is 1. The van der Waals surface area contributed by atoms with Crippen molar-refractivity contribution in [2.24, 2.45) is 0 Å². The highest BCUT2D eigenvalue weighted by molar-refractivity contribution is 7.86. The first-order valence-electron chi connectivity index (χ1n) is 8.39. The van der Waals surface area contributed by atoms with Crippen LogP contribution in [-0.4, -0.2) is 38.6 Å². The molecule has 0 spiro atoms. The highest BCUT2D eigenvalue weighted by Gasteiger charge is 2.32. The smallest absolute Gasteiger partial charge is 0.410 e. The predicted molar refractivity (Wildman–Crippen MR) is 96.1 cm³/mol. The zero-order valence-corrected chi connectivity index (χ0v) is 15.3. The number of nitrogens with zero attached hydrogens (tertiary/aromatic N) is 1. The Morgan fingerprint density at radius 2 is 1.81 bits per heavy atom. The molecule has 1 aliphatic rings. The van der Waals surface area contributed by atoms with E-state index >= 15 is 0 Å². The van der Waals surface area contributed by atoms with E-state index in [1.807, 2.05) is 37.3 Å². The van der Waals surface area contributed by atoms with E-state index in [1.54, 1.807) is 12.1 Å². The van der Waals surface area contributed by atoms with Crippen molar-refractivity contribution in [1.29, 1.82) is 0 Å². The predicted octanol–water partition coefficient (Wildman–Crippen LogP) is 3.11. The van der Waals surface area contributed by atoms with Crippen LogP contribution in [0.3, 0.4) is 0 Å². The number of amides is 1. The molecule has 3 rings (SSSR count). The quantitative estimate of drug-likeness (QED) is 0.751. The molecule has 7 heteroatoms. The second-order valence-electron chi connectivity index (χ2n) is 6.26. The molecule has 1 atom stereocenters. The van der Waals surface area contributed by atoms with Gasteiger partial charge in [0, 0.05) is 6.54 Å². The summed E-state index contributed by atoms with van der Waals surface area (Å²) in [5, 5.41) is 0. The molecule has 1 saturated heterocycles. The molecule has 0 aliphatic carbocycles. The molecule has 0 saturated carbocycles. The third-order valence-corrected chi connectivity index (χ3v) is 5.56. The minimum absolute atomic E-state index is 0.119. The standard InChI is InChI=1S/C19H21NO5S/c1-15-7-9-18(10-8-15)26(22,23)25-17-11-12-20(13-17)19(21)24-14-16-5-3-2-4-6-16/h2-10,17H,11-14H2,1H3/t17-/m1/s1. The third-order valence-electron chi connectivity index (χ3n) is 4.18. The fraction of sp³-hybridized carbons (Fsp3) is 0.316. The van der Waals surface area contributed by atoms with Crippen LogP contribution in [-0.2, 0) is 25.6 Å². The molecule has 26 heavy (non-hydrogen) atoms. The highest BCUT2D eigenvalue weighted by Crippen LogP contribution is 2.21. The van der Waals surface area contributed by atoms with E-state index in [9.17, 15) is 13.2 Å². The lowest BCUT2D eigenvalue weighted by Gasteiger charge is -2.16. The van der Waals surface area contributed by atoms with Crippen molar-refractivity contribution in [2.45, 2.75) is 31.0 Å². The molecule has 1 heterocycles. The second kappa shape index (κ2) is 7.88. The van der Waals surface area contributed by atoms with Crippen LogP contribution in [0.15, 0.2) is 59.5 Å². The minimum Gasteiger partial charge on any atom is -0.445 e. The van der Waals surface area contributed by atoms with Crippen LogP contribution in [0.4, 0.5) is 4.79 Å². The van der Waals surface area contributed by atoms with E-state index in [4.69, 9.17) is 8.92 Å². The first kappa shape index (κ1) is 18.4. The highest BCUT2D eigenvalue weighted by atomic mass is 32.2. The summed E-state index contributed by atoms with van der Waals surface area (Å²) >= 11 is 0. The zero-order chi connectivity index (χ0) is 18.6. The van der Waals surface area contributed by atoms with Crippen LogP contribution in [0, 0.1) is 6.92 Å². The van der Waals surface area contributed by atoms with Crippen molar-refractivity contribution in [3.05, 3.63) is 65.7 Å². The fourth-order valence-corrected chi connectivity index (χ4v) is 3.82. The van der Waals surface area contributed by atoms with Gasteiger partial charge in [-0.3, -0.25) is 4.18 Å². The average Bonchev–Trinajstić information content (AvgIpc) is 3.09. The summed E-state index contributed by atoms with van der Waals surface area (Å²) in [6, 6.07) is 15.9. The molecule has 138 valence electrons. The molecular weight excluding hydrogens is 354 g/mol. The Morgan fingerprint density at radius 1 is 1.12 bits per heavy atom. The van der Waals surface area contributed by atoms with Gasteiger partial charge in [-0.15, -0.1) is 0 Å². The second-order valence-corrected chi connectivity index (χ2v) is 7.83. The van der Waals surface area contributed by atoms with Gasteiger partial charge >= 0.3 is 6.09 Å². The Morgan fingerprint density at radius 3 is 2.50 bits per heavy atom. The van der Waals surface area contributed by atoms with Crippen molar-refractivity contribution in [2.75, 3.05) is 13.1 Å². The van der Waals surface area contributed by atoms with Crippen molar-refractivity contribution in [3.8, 4) is 0 Å². The molecule has 0 unspecified atom stereocenters. The van der Waals surface area contributed by atoms with Crippen LogP contribution < -0.4 is 0 Å². The number of hydrogen-bond acceptors (Lipinski definition) is 5. The largest absolute Gasteiger partial charge is 0.445 e. The van der Waals surface area contributed by atoms with Crippen LogP contribution in [0.5, 0.6) is 0 Å². The Balaban J connectivity index is 1.53. The van der Waals surface area contributed by atoms with Crippen LogP contribution in [0.25, 0.3) is 0 Å². The first-order chi connectivity index (χ1) is 12.4. The van der Waals surface area contributed by atoms with E-state index in [2.05, 4.69) is 0 Å². The SMILES string of the molecule is Cc1ccc(S(=O)(=O)O[C@@H]2CCN(C(=O)OCc3ccccc3)C2)cc1. The lowest BCUT2D eigenvalue weighted by atomic mass is 10.2. The van der Waals surface area contributed by atoms with Crippen LogP contribution in [0.2, 0.25) is 0 Å². The van der Waals surface area contributed by atoms with Gasteiger partial charge in [0.05, 0.1) is 17.5 Å². The Kier molecular flexibility index (Phi) is 5.58. The number of benzene rings is 2. The number of carbonyl (C=O) groups is 1. The topological polar surface area (TPSA) is 72.9 Å². The molecule has 0 aromatic heterocycles. The van der Waals surface area contributed by atoms with Gasteiger partial charge in [-0.25, -0.2) is 4.79 Å². The molecule has 1 fully saturated rings. The number of carbonyl (C=O) groups excluding carboxylic acids is 1. The first-order valence-corrected chi connectivity index (χ1v) is 9.80. The maximum Gasteiger partial charge on any atom is 0.410 e. The molecule has 2 aromatic rings. The minimum atomic E-state index is -3.84. The Bertz CT molecular complexity index is 849. The molecule has 0 N–H and O–H groups in total. The zero-order valence-electron chi connectivity index (χ0n) is 14.5. The molecule has 0 bridgehead atoms. The van der Waals surface area contributed by atoms with E-state index < -0.39 is 22.3 Å². The molecule has 6 nitrogen and oxygen atoms in total. The normalized spacial score (nSPS) is 17.3. The van der Waals surface area contributed by atoms with Gasteiger partial charge in [0.15, 0.2) is 0 Å². The lowest BCUT2D eigenvalue weighted by molar-refractivity contribution is 0.0994. The summed E-state index contributed by atoms with van der Waals surface area (Å²) in [6.45, 7) is 2.66. The van der Waals surface area contributed by atoms with Crippen LogP contribution in [0.1, 0.15) is 17.5 Å². The summed E-state index contributed by atoms with van der Waals surface area (Å²) in [4.78, 5) is 13.7. The molecule has 2 aromatic carbocycles. The van der Waals surface area contributed by atoms with Gasteiger partial charge in [0.2, 0.25) is 0 Å². The van der Waals surface area contributed by atoms with Crippen molar-refractivity contribution < 1.29 is 22.1 Å². The lowest BCUT2D eigenvalue weighted by Crippen LogP contribution is -2.31. The fourth-order valence-electron chi connectivity index (χ4n) is 2.72. The van der Waals surface area contributed by atoms with Gasteiger partial charge in [0.25, 0.3) is 10.1 Å². The summed E-state index contributed by atoms with van der Waals surface area (Å²) in [6.07, 6.45) is -0.579. The summed E-state index contributed by atoms with van der Waals surface area (Å²) in [5.41, 5.74) is 1.87. The summed E-state index contributed by atoms with van der Waals surface area (Å²) < 4.78 is 35.2. The van der Waals surface area contributed by atoms with Crippen molar-refractivity contribution in [3.63, 3.8) is 0 Å². The van der Waals surface area contributed by atoms with E-state index in [-0.39, 0.29) is 18.0 Å². The monoisotopic (exact) mass is 375 g/mol.